The summed E-state index contributed by atoms with van der Waals surface area (Å²) in [6.07, 6.45) is 7.55. The first-order valence-electron chi connectivity index (χ1n) is 8.35. The molecule has 0 spiro atoms. The van der Waals surface area contributed by atoms with Crippen molar-refractivity contribution in [1.82, 2.24) is 4.90 Å². The normalized spacial score (nSPS) is 22.4. The topological polar surface area (TPSA) is 46.3 Å². The van der Waals surface area contributed by atoms with Crippen molar-refractivity contribution in [2.45, 2.75) is 78.7 Å². The zero-order valence-electron chi connectivity index (χ0n) is 14.0. The van der Waals surface area contributed by atoms with Gasteiger partial charge in [-0.25, -0.2) is 0 Å². The van der Waals surface area contributed by atoms with Crippen LogP contribution in [0, 0.1) is 11.3 Å². The molecule has 0 aromatic heterocycles. The molecule has 3 nitrogen and oxygen atoms in total. The Hall–Kier alpha value is -0.570. The molecule has 1 rings (SSSR count). The number of rotatable bonds is 5. The van der Waals surface area contributed by atoms with E-state index in [0.717, 1.165) is 32.4 Å². The van der Waals surface area contributed by atoms with E-state index in [-0.39, 0.29) is 5.41 Å². The minimum atomic E-state index is 0.240. The smallest absolute Gasteiger partial charge is 0.222 e. The monoisotopic (exact) mass is 282 g/mol. The summed E-state index contributed by atoms with van der Waals surface area (Å²) >= 11 is 0. The number of hydrogen-bond donors (Lipinski definition) is 1. The summed E-state index contributed by atoms with van der Waals surface area (Å²) in [4.78, 5) is 14.6. The van der Waals surface area contributed by atoms with E-state index in [1.807, 2.05) is 0 Å². The molecule has 1 fully saturated rings. The van der Waals surface area contributed by atoms with Crippen molar-refractivity contribution >= 4 is 5.91 Å². The van der Waals surface area contributed by atoms with E-state index in [1.54, 1.807) is 0 Å². The molecule has 0 aromatic carbocycles. The molecule has 2 unspecified atom stereocenters. The van der Waals surface area contributed by atoms with E-state index in [0.29, 0.717) is 24.3 Å². The molecule has 2 N–H and O–H groups in total. The first-order valence-corrected chi connectivity index (χ1v) is 8.35. The number of nitrogens with zero attached hydrogens (tertiary/aromatic N) is 1. The molecule has 3 heteroatoms. The molecule has 0 bridgehead atoms. The predicted octanol–water partition coefficient (Wildman–Crippen LogP) is 3.57. The number of nitrogens with two attached hydrogens (primary N) is 1. The summed E-state index contributed by atoms with van der Waals surface area (Å²) in [5.74, 6) is 0.893. The molecular formula is C17H34N2O. The van der Waals surface area contributed by atoms with E-state index < -0.39 is 0 Å². The number of hydrogen-bond acceptors (Lipinski definition) is 2. The summed E-state index contributed by atoms with van der Waals surface area (Å²) in [5, 5.41) is 0. The lowest BCUT2D eigenvalue weighted by Gasteiger charge is -2.32. The number of likely N-dealkylation sites (tertiary alicyclic amines) is 1. The Morgan fingerprint density at radius 2 is 1.95 bits per heavy atom. The predicted molar refractivity (Wildman–Crippen MR) is 85.5 cm³/mol. The maximum Gasteiger partial charge on any atom is 0.222 e. The molecule has 0 radical (unpaired) electrons. The van der Waals surface area contributed by atoms with E-state index >= 15 is 0 Å². The molecule has 1 saturated heterocycles. The van der Waals surface area contributed by atoms with Gasteiger partial charge >= 0.3 is 0 Å². The lowest BCUT2D eigenvalue weighted by molar-refractivity contribution is -0.133. The first kappa shape index (κ1) is 17.5. The van der Waals surface area contributed by atoms with Gasteiger partial charge < -0.3 is 10.6 Å². The van der Waals surface area contributed by atoms with Crippen LogP contribution in [0.3, 0.4) is 0 Å². The Bertz CT molecular complexity index is 296. The minimum Gasteiger partial charge on any atom is -0.340 e. The average molecular weight is 282 g/mol. The van der Waals surface area contributed by atoms with Crippen molar-refractivity contribution < 1.29 is 4.79 Å². The molecular weight excluding hydrogens is 248 g/mol. The third-order valence-electron chi connectivity index (χ3n) is 4.82. The van der Waals surface area contributed by atoms with Crippen molar-refractivity contribution in [3.8, 4) is 0 Å². The largest absolute Gasteiger partial charge is 0.340 e. The van der Waals surface area contributed by atoms with Gasteiger partial charge in [0.15, 0.2) is 0 Å². The van der Waals surface area contributed by atoms with Crippen LogP contribution in [0.25, 0.3) is 0 Å². The average Bonchev–Trinajstić information content (AvgIpc) is 2.57. The van der Waals surface area contributed by atoms with Crippen LogP contribution in [-0.2, 0) is 4.79 Å². The maximum absolute atomic E-state index is 12.5. The fraction of sp³-hybridized carbons (Fsp3) is 0.941. The highest BCUT2D eigenvalue weighted by molar-refractivity contribution is 5.76. The molecule has 0 saturated carbocycles. The van der Waals surface area contributed by atoms with Crippen LogP contribution in [0.1, 0.15) is 72.6 Å². The van der Waals surface area contributed by atoms with Crippen LogP contribution in [0.2, 0.25) is 0 Å². The highest BCUT2D eigenvalue weighted by atomic mass is 16.2. The minimum absolute atomic E-state index is 0.240. The zero-order chi connectivity index (χ0) is 15.2. The van der Waals surface area contributed by atoms with Crippen LogP contribution < -0.4 is 5.73 Å². The van der Waals surface area contributed by atoms with Gasteiger partial charge in [0.2, 0.25) is 5.91 Å². The van der Waals surface area contributed by atoms with Crippen molar-refractivity contribution in [1.29, 1.82) is 0 Å². The van der Waals surface area contributed by atoms with E-state index in [4.69, 9.17) is 5.73 Å². The second kappa shape index (κ2) is 8.02. The molecule has 1 amide bonds. The Morgan fingerprint density at radius 1 is 1.25 bits per heavy atom. The van der Waals surface area contributed by atoms with Crippen molar-refractivity contribution in [3.05, 3.63) is 0 Å². The molecule has 20 heavy (non-hydrogen) atoms. The van der Waals surface area contributed by atoms with Crippen LogP contribution in [-0.4, -0.2) is 29.9 Å². The van der Waals surface area contributed by atoms with Gasteiger partial charge in [0, 0.05) is 19.0 Å². The van der Waals surface area contributed by atoms with Gasteiger partial charge in [-0.15, -0.1) is 0 Å². The van der Waals surface area contributed by atoms with Crippen molar-refractivity contribution in [3.63, 3.8) is 0 Å². The van der Waals surface area contributed by atoms with Crippen molar-refractivity contribution in [2.75, 3.05) is 13.1 Å². The Kier molecular flexibility index (Phi) is 7.01. The van der Waals surface area contributed by atoms with Crippen LogP contribution >= 0.6 is 0 Å². The van der Waals surface area contributed by atoms with Gasteiger partial charge in [0.25, 0.3) is 0 Å². The zero-order valence-corrected chi connectivity index (χ0v) is 14.0. The van der Waals surface area contributed by atoms with E-state index in [1.165, 1.54) is 19.3 Å². The Morgan fingerprint density at radius 3 is 2.55 bits per heavy atom. The summed E-state index contributed by atoms with van der Waals surface area (Å²) < 4.78 is 0. The first-order chi connectivity index (χ1) is 9.36. The third-order valence-corrected chi connectivity index (χ3v) is 4.82. The molecule has 0 aromatic rings. The van der Waals surface area contributed by atoms with Gasteiger partial charge in [0.05, 0.1) is 0 Å². The van der Waals surface area contributed by atoms with Crippen LogP contribution in [0.15, 0.2) is 0 Å². The Labute approximate surface area is 125 Å². The lowest BCUT2D eigenvalue weighted by Crippen LogP contribution is -2.38. The van der Waals surface area contributed by atoms with Gasteiger partial charge in [-0.05, 0) is 50.5 Å². The summed E-state index contributed by atoms with van der Waals surface area (Å²) in [7, 11) is 0. The second-order valence-electron chi connectivity index (χ2n) is 7.46. The number of carbonyl (C=O) groups excluding carboxylic acids is 1. The quantitative estimate of drug-likeness (QED) is 0.838. The van der Waals surface area contributed by atoms with Gasteiger partial charge in [-0.1, -0.05) is 33.6 Å². The molecule has 1 aliphatic heterocycles. The lowest BCUT2D eigenvalue weighted by atomic mass is 9.76. The standard InChI is InChI=1S/C17H34N2O/c1-14-8-6-5-7-13-19(14)16(20)10-9-15(11-12-18)17(2,3)4/h14-15H,5-13,18H2,1-4H3. The van der Waals surface area contributed by atoms with Gasteiger partial charge in [-0.2, -0.15) is 0 Å². The molecule has 1 heterocycles. The third kappa shape index (κ3) is 5.43. The fourth-order valence-electron chi connectivity index (χ4n) is 3.30. The SMILES string of the molecule is CC1CCCCCN1C(=O)CCC(CCN)C(C)(C)C. The maximum atomic E-state index is 12.5. The van der Waals surface area contributed by atoms with Crippen molar-refractivity contribution in [2.24, 2.45) is 17.1 Å². The molecule has 2 atom stereocenters. The highest BCUT2D eigenvalue weighted by Gasteiger charge is 2.27. The number of carbonyl (C=O) groups is 1. The van der Waals surface area contributed by atoms with Gasteiger partial charge in [0.1, 0.15) is 0 Å². The fourth-order valence-corrected chi connectivity index (χ4v) is 3.30. The van der Waals surface area contributed by atoms with Gasteiger partial charge in [-0.3, -0.25) is 4.79 Å². The Balaban J connectivity index is 2.51. The van der Waals surface area contributed by atoms with E-state index in [2.05, 4.69) is 32.6 Å². The number of amides is 1. The summed E-state index contributed by atoms with van der Waals surface area (Å²) in [5.41, 5.74) is 5.96. The van der Waals surface area contributed by atoms with Crippen LogP contribution in [0.4, 0.5) is 0 Å². The second-order valence-corrected chi connectivity index (χ2v) is 7.46. The summed E-state index contributed by atoms with van der Waals surface area (Å²) in [6, 6.07) is 0.424. The molecule has 118 valence electrons. The molecule has 1 aliphatic rings. The van der Waals surface area contributed by atoms with Crippen LogP contribution in [0.5, 0.6) is 0 Å². The van der Waals surface area contributed by atoms with E-state index in [9.17, 15) is 4.79 Å². The highest BCUT2D eigenvalue weighted by Crippen LogP contribution is 2.32. The molecule has 0 aliphatic carbocycles. The summed E-state index contributed by atoms with van der Waals surface area (Å²) in [6.45, 7) is 10.6.